The van der Waals surface area contributed by atoms with Crippen LogP contribution >= 0.6 is 11.3 Å². The highest BCUT2D eigenvalue weighted by molar-refractivity contribution is 7.10. The summed E-state index contributed by atoms with van der Waals surface area (Å²) in [5, 5.41) is 4.99. The van der Waals surface area contributed by atoms with E-state index in [9.17, 15) is 9.59 Å². The maximum absolute atomic E-state index is 13.2. The Morgan fingerprint density at radius 1 is 1.32 bits per heavy atom. The SMILES string of the molecule is CCC(CC)C(=O)N1CC(=O)Nc2ccc(C)cc2C1c1cccs1. The van der Waals surface area contributed by atoms with E-state index < -0.39 is 0 Å². The summed E-state index contributed by atoms with van der Waals surface area (Å²) in [7, 11) is 0. The molecule has 0 aliphatic carbocycles. The lowest BCUT2D eigenvalue weighted by atomic mass is 9.96. The van der Waals surface area contributed by atoms with Crippen LogP contribution in [-0.4, -0.2) is 23.3 Å². The summed E-state index contributed by atoms with van der Waals surface area (Å²) >= 11 is 1.62. The standard InChI is InChI=1S/C20H24N2O2S/c1-4-14(5-2)20(24)22-12-18(23)21-16-9-8-13(3)11-15(16)19(22)17-7-6-10-25-17/h6-11,14,19H,4-5,12H2,1-3H3,(H,21,23). The van der Waals surface area contributed by atoms with E-state index in [1.807, 2.05) is 50.4 Å². The summed E-state index contributed by atoms with van der Waals surface area (Å²) in [5.74, 6) is -0.127. The highest BCUT2D eigenvalue weighted by Crippen LogP contribution is 2.39. The van der Waals surface area contributed by atoms with Gasteiger partial charge in [0.15, 0.2) is 0 Å². The average molecular weight is 356 g/mol. The molecule has 1 unspecified atom stereocenters. The predicted molar refractivity (Wildman–Crippen MR) is 102 cm³/mol. The summed E-state index contributed by atoms with van der Waals surface area (Å²) in [6.07, 6.45) is 1.57. The number of thiophene rings is 1. The molecule has 1 aliphatic heterocycles. The van der Waals surface area contributed by atoms with Gasteiger partial charge in [-0.25, -0.2) is 0 Å². The Bertz CT molecular complexity index is 766. The fourth-order valence-corrected chi connectivity index (χ4v) is 4.31. The molecule has 1 aromatic carbocycles. The van der Waals surface area contributed by atoms with Gasteiger partial charge < -0.3 is 10.2 Å². The monoisotopic (exact) mass is 356 g/mol. The van der Waals surface area contributed by atoms with Crippen LogP contribution in [0, 0.1) is 12.8 Å². The first-order chi connectivity index (χ1) is 12.0. The molecule has 0 fully saturated rings. The van der Waals surface area contributed by atoms with Crippen LogP contribution in [0.2, 0.25) is 0 Å². The fraction of sp³-hybridized carbons (Fsp3) is 0.400. The zero-order valence-corrected chi connectivity index (χ0v) is 15.7. The number of hydrogen-bond donors (Lipinski definition) is 1. The molecule has 2 amide bonds. The number of aryl methyl sites for hydroxylation is 1. The van der Waals surface area contributed by atoms with Crippen LogP contribution < -0.4 is 5.32 Å². The summed E-state index contributed by atoms with van der Waals surface area (Å²) in [6, 6.07) is 9.83. The molecule has 1 aliphatic rings. The quantitative estimate of drug-likeness (QED) is 0.885. The van der Waals surface area contributed by atoms with E-state index in [2.05, 4.69) is 11.4 Å². The predicted octanol–water partition coefficient (Wildman–Crippen LogP) is 4.36. The molecule has 1 N–H and O–H groups in total. The van der Waals surface area contributed by atoms with E-state index in [4.69, 9.17) is 0 Å². The molecule has 1 aromatic heterocycles. The number of nitrogens with one attached hydrogen (secondary N) is 1. The topological polar surface area (TPSA) is 49.4 Å². The number of amides is 2. The third kappa shape index (κ3) is 3.47. The van der Waals surface area contributed by atoms with Gasteiger partial charge in [-0.3, -0.25) is 9.59 Å². The minimum absolute atomic E-state index is 0.0541. The van der Waals surface area contributed by atoms with Crippen LogP contribution in [0.25, 0.3) is 0 Å². The molecule has 0 radical (unpaired) electrons. The third-order valence-corrected chi connectivity index (χ3v) is 5.76. The molecule has 0 spiro atoms. The number of anilines is 1. The molecule has 0 saturated carbocycles. The Morgan fingerprint density at radius 3 is 2.72 bits per heavy atom. The van der Waals surface area contributed by atoms with Gasteiger partial charge in [0.2, 0.25) is 11.8 Å². The Balaban J connectivity index is 2.15. The van der Waals surface area contributed by atoms with Gasteiger partial charge in [0.05, 0.1) is 6.04 Å². The van der Waals surface area contributed by atoms with Crippen molar-refractivity contribution in [2.24, 2.45) is 5.92 Å². The van der Waals surface area contributed by atoms with Crippen LogP contribution in [0.3, 0.4) is 0 Å². The minimum Gasteiger partial charge on any atom is -0.324 e. The Kier molecular flexibility index (Phi) is 5.23. The van der Waals surface area contributed by atoms with Crippen molar-refractivity contribution in [3.8, 4) is 0 Å². The van der Waals surface area contributed by atoms with Gasteiger partial charge in [0.25, 0.3) is 0 Å². The van der Waals surface area contributed by atoms with Crippen molar-refractivity contribution in [1.82, 2.24) is 4.90 Å². The lowest BCUT2D eigenvalue weighted by Crippen LogP contribution is -2.41. The number of carbonyl (C=O) groups is 2. The fourth-order valence-electron chi connectivity index (χ4n) is 3.46. The molecule has 25 heavy (non-hydrogen) atoms. The normalized spacial score (nSPS) is 17.2. The molecule has 2 heterocycles. The first kappa shape index (κ1) is 17.7. The summed E-state index contributed by atoms with van der Waals surface area (Å²) in [6.45, 7) is 6.18. The number of carbonyl (C=O) groups excluding carboxylic acids is 2. The van der Waals surface area contributed by atoms with Gasteiger partial charge in [-0.15, -0.1) is 11.3 Å². The molecular weight excluding hydrogens is 332 g/mol. The van der Waals surface area contributed by atoms with Crippen LogP contribution in [-0.2, 0) is 9.59 Å². The lowest BCUT2D eigenvalue weighted by Gasteiger charge is -2.32. The molecule has 5 heteroatoms. The summed E-state index contributed by atoms with van der Waals surface area (Å²) < 4.78 is 0. The Hall–Kier alpha value is -2.14. The van der Waals surface area contributed by atoms with Crippen molar-refractivity contribution in [2.45, 2.75) is 39.7 Å². The van der Waals surface area contributed by atoms with Crippen LogP contribution in [0.5, 0.6) is 0 Å². The molecule has 1 atom stereocenters. The Morgan fingerprint density at radius 2 is 2.08 bits per heavy atom. The second-order valence-electron chi connectivity index (χ2n) is 6.54. The third-order valence-electron chi connectivity index (χ3n) is 4.83. The number of rotatable bonds is 4. The molecule has 0 saturated heterocycles. The molecule has 4 nitrogen and oxygen atoms in total. The second-order valence-corrected chi connectivity index (χ2v) is 7.52. The first-order valence-corrected chi connectivity index (χ1v) is 9.67. The molecule has 0 bridgehead atoms. The molecule has 3 rings (SSSR count). The van der Waals surface area contributed by atoms with E-state index in [1.54, 1.807) is 16.2 Å². The lowest BCUT2D eigenvalue weighted by molar-refractivity contribution is -0.140. The second kappa shape index (κ2) is 7.40. The highest BCUT2D eigenvalue weighted by Gasteiger charge is 2.35. The van der Waals surface area contributed by atoms with Crippen LogP contribution in [0.4, 0.5) is 5.69 Å². The van der Waals surface area contributed by atoms with Crippen molar-refractivity contribution in [1.29, 1.82) is 0 Å². The van der Waals surface area contributed by atoms with Crippen LogP contribution in [0.15, 0.2) is 35.7 Å². The number of hydrogen-bond acceptors (Lipinski definition) is 3. The summed E-state index contributed by atoms with van der Waals surface area (Å²) in [5.41, 5.74) is 2.91. The van der Waals surface area contributed by atoms with Crippen molar-refractivity contribution >= 4 is 28.8 Å². The van der Waals surface area contributed by atoms with Crippen molar-refractivity contribution < 1.29 is 9.59 Å². The summed E-state index contributed by atoms with van der Waals surface area (Å²) in [4.78, 5) is 28.5. The van der Waals surface area contributed by atoms with Gasteiger partial charge in [0.1, 0.15) is 6.54 Å². The van der Waals surface area contributed by atoms with Gasteiger partial charge in [-0.1, -0.05) is 37.6 Å². The van der Waals surface area contributed by atoms with E-state index >= 15 is 0 Å². The van der Waals surface area contributed by atoms with E-state index in [0.717, 1.165) is 34.5 Å². The van der Waals surface area contributed by atoms with E-state index in [1.165, 1.54) is 0 Å². The van der Waals surface area contributed by atoms with Gasteiger partial charge in [-0.2, -0.15) is 0 Å². The van der Waals surface area contributed by atoms with E-state index in [0.29, 0.717) is 0 Å². The maximum Gasteiger partial charge on any atom is 0.244 e. The van der Waals surface area contributed by atoms with Gasteiger partial charge in [0, 0.05) is 22.0 Å². The maximum atomic E-state index is 13.2. The molecule has 2 aromatic rings. The first-order valence-electron chi connectivity index (χ1n) is 8.79. The van der Waals surface area contributed by atoms with Crippen molar-refractivity contribution in [2.75, 3.05) is 11.9 Å². The van der Waals surface area contributed by atoms with Crippen molar-refractivity contribution in [3.05, 3.63) is 51.7 Å². The Labute approximate surface area is 152 Å². The largest absolute Gasteiger partial charge is 0.324 e. The minimum atomic E-state index is -0.220. The number of benzene rings is 1. The van der Waals surface area contributed by atoms with Crippen molar-refractivity contribution in [3.63, 3.8) is 0 Å². The average Bonchev–Trinajstić information content (AvgIpc) is 3.07. The zero-order valence-electron chi connectivity index (χ0n) is 14.9. The zero-order chi connectivity index (χ0) is 18.0. The van der Waals surface area contributed by atoms with E-state index in [-0.39, 0.29) is 30.3 Å². The molecular formula is C20H24N2O2S. The number of fused-ring (bicyclic) bond motifs is 1. The smallest absolute Gasteiger partial charge is 0.244 e. The molecule has 132 valence electrons. The van der Waals surface area contributed by atoms with Gasteiger partial charge >= 0.3 is 0 Å². The van der Waals surface area contributed by atoms with Crippen LogP contribution in [0.1, 0.15) is 48.7 Å². The highest BCUT2D eigenvalue weighted by atomic mass is 32.1. The number of nitrogens with zero attached hydrogens (tertiary/aromatic N) is 1. The van der Waals surface area contributed by atoms with Gasteiger partial charge in [-0.05, 0) is 37.3 Å².